The molecule has 13 nitrogen and oxygen atoms in total. The summed E-state index contributed by atoms with van der Waals surface area (Å²) in [5.41, 5.74) is 5.99. The minimum absolute atomic E-state index is 0.0420. The van der Waals surface area contributed by atoms with E-state index in [4.69, 9.17) is 0 Å². The van der Waals surface area contributed by atoms with Gasteiger partial charge >= 0.3 is 0 Å². The molecule has 2 saturated heterocycles. The lowest BCUT2D eigenvalue weighted by molar-refractivity contribution is -0.145. The van der Waals surface area contributed by atoms with Crippen molar-refractivity contribution in [3.8, 4) is 0 Å². The highest BCUT2D eigenvalue weighted by molar-refractivity contribution is 6.01. The molecule has 5 N–H and O–H groups in total. The number of nitrogens with one attached hydrogen (secondary N) is 5. The van der Waals surface area contributed by atoms with E-state index in [1.165, 1.54) is 0 Å². The molecular formula is C48H76N8O5. The molecule has 6 aliphatic rings. The zero-order chi connectivity index (χ0) is 44.7. The highest BCUT2D eigenvalue weighted by Gasteiger charge is 2.85. The fourth-order valence-corrected chi connectivity index (χ4v) is 11.5. The van der Waals surface area contributed by atoms with Gasteiger partial charge in [0, 0.05) is 56.3 Å². The number of likely N-dealkylation sites (tertiary alicyclic amines) is 1. The molecule has 13 heteroatoms. The number of hydrogen-bond acceptors (Lipinski definition) is 8. The topological polar surface area (TPSA) is 155 Å². The zero-order valence-corrected chi connectivity index (χ0v) is 38.9. The SMILES string of the molecule is C=C[C@@H]1C[C@]1(NC(=O)[C@@H]1C[C@@]2(CN1C(=O)[C@@H](NC(=O)C(NC(=O)C(/C=C\C=C(/C)N(C)C)=C(C)C)C1CCCCC1)C(C)(C)C)C(C)(C)C21CCC1)C(=O)NNN1CCCC1. The van der Waals surface area contributed by atoms with Crippen molar-refractivity contribution < 1.29 is 24.0 Å². The van der Waals surface area contributed by atoms with Crippen LogP contribution in [0.5, 0.6) is 0 Å². The number of rotatable bonds is 15. The number of hydrogen-bond donors (Lipinski definition) is 5. The van der Waals surface area contributed by atoms with Gasteiger partial charge in [0.1, 0.15) is 23.7 Å². The van der Waals surface area contributed by atoms with Gasteiger partial charge < -0.3 is 25.8 Å². The summed E-state index contributed by atoms with van der Waals surface area (Å²) in [4.78, 5) is 76.4. The van der Waals surface area contributed by atoms with Crippen molar-refractivity contribution in [1.82, 2.24) is 41.7 Å². The van der Waals surface area contributed by atoms with E-state index in [9.17, 15) is 19.2 Å². The molecule has 6 rings (SSSR count). The predicted octanol–water partition coefficient (Wildman–Crippen LogP) is 5.43. The third-order valence-corrected chi connectivity index (χ3v) is 16.1. The van der Waals surface area contributed by atoms with Crippen LogP contribution >= 0.6 is 0 Å². The van der Waals surface area contributed by atoms with Crippen LogP contribution in [0.4, 0.5) is 0 Å². The number of carbonyl (C=O) groups excluding carboxylic acids is 5. The molecule has 6 atom stereocenters. The van der Waals surface area contributed by atoms with Crippen molar-refractivity contribution in [3.63, 3.8) is 0 Å². The Bertz CT molecular complexity index is 1820. The Morgan fingerprint density at radius 2 is 1.52 bits per heavy atom. The number of allylic oxidation sites excluding steroid dienone is 4. The largest absolute Gasteiger partial charge is 0.381 e. The Kier molecular flexibility index (Phi) is 13.5. The fourth-order valence-electron chi connectivity index (χ4n) is 11.5. The van der Waals surface area contributed by atoms with Crippen LogP contribution in [-0.2, 0) is 24.0 Å². The van der Waals surface area contributed by atoms with E-state index in [0.29, 0.717) is 25.0 Å². The van der Waals surface area contributed by atoms with Crippen molar-refractivity contribution in [3.05, 3.63) is 47.7 Å². The van der Waals surface area contributed by atoms with Crippen LogP contribution in [0.3, 0.4) is 0 Å². The highest BCUT2D eigenvalue weighted by atomic mass is 16.2. The van der Waals surface area contributed by atoms with Crippen LogP contribution in [0.15, 0.2) is 47.7 Å². The van der Waals surface area contributed by atoms with Gasteiger partial charge in [0.15, 0.2) is 0 Å². The Morgan fingerprint density at radius 3 is 2.05 bits per heavy atom. The first-order valence-corrected chi connectivity index (χ1v) is 23.0. The molecule has 1 unspecified atom stereocenters. The first kappa shape index (κ1) is 46.5. The molecule has 2 spiro atoms. The third-order valence-electron chi connectivity index (χ3n) is 16.1. The maximum absolute atomic E-state index is 15.3. The normalized spacial score (nSPS) is 29.1. The quantitative estimate of drug-likeness (QED) is 0.0634. The summed E-state index contributed by atoms with van der Waals surface area (Å²) in [5, 5.41) is 11.4. The van der Waals surface area contributed by atoms with Crippen LogP contribution in [0, 0.1) is 33.5 Å². The van der Waals surface area contributed by atoms with Crippen molar-refractivity contribution in [2.75, 3.05) is 33.7 Å². The molecule has 0 aromatic carbocycles. The minimum Gasteiger partial charge on any atom is -0.381 e. The number of nitrogens with zero attached hydrogens (tertiary/aromatic N) is 3. The molecule has 4 aliphatic carbocycles. The van der Waals surface area contributed by atoms with E-state index in [2.05, 4.69) is 47.3 Å². The lowest BCUT2D eigenvalue weighted by Gasteiger charge is -2.38. The van der Waals surface area contributed by atoms with Gasteiger partial charge in [-0.15, -0.1) is 6.58 Å². The second-order valence-electron chi connectivity index (χ2n) is 21.2. The van der Waals surface area contributed by atoms with Crippen molar-refractivity contribution >= 4 is 29.5 Å². The molecular weight excluding hydrogens is 769 g/mol. The maximum atomic E-state index is 15.3. The molecule has 0 radical (unpaired) electrons. The van der Waals surface area contributed by atoms with Gasteiger partial charge in [-0.05, 0) is 106 Å². The third kappa shape index (κ3) is 8.71. The van der Waals surface area contributed by atoms with Gasteiger partial charge in [-0.3, -0.25) is 29.4 Å². The highest BCUT2D eigenvalue weighted by Crippen LogP contribution is 2.88. The van der Waals surface area contributed by atoms with Crippen LogP contribution in [-0.4, -0.2) is 102 Å². The summed E-state index contributed by atoms with van der Waals surface area (Å²) in [6.45, 7) is 22.1. The average molecular weight is 845 g/mol. The van der Waals surface area contributed by atoms with E-state index in [1.807, 2.05) is 77.7 Å². The summed E-state index contributed by atoms with van der Waals surface area (Å²) in [7, 11) is 3.92. The van der Waals surface area contributed by atoms with E-state index >= 15 is 4.79 Å². The van der Waals surface area contributed by atoms with Gasteiger partial charge in [-0.1, -0.05) is 78.0 Å². The zero-order valence-electron chi connectivity index (χ0n) is 38.9. The molecule has 2 aliphatic heterocycles. The van der Waals surface area contributed by atoms with E-state index < -0.39 is 29.1 Å². The van der Waals surface area contributed by atoms with Crippen LogP contribution in [0.2, 0.25) is 0 Å². The van der Waals surface area contributed by atoms with Crippen LogP contribution in [0.1, 0.15) is 132 Å². The lowest BCUT2D eigenvalue weighted by Crippen LogP contribution is -2.63. The Morgan fingerprint density at radius 1 is 0.869 bits per heavy atom. The number of amides is 5. The molecule has 0 aromatic heterocycles. The minimum atomic E-state index is -1.17. The molecule has 6 fully saturated rings. The summed E-state index contributed by atoms with van der Waals surface area (Å²) in [5.74, 6) is -2.06. The van der Waals surface area contributed by atoms with Gasteiger partial charge in [-0.2, -0.15) is 5.53 Å². The molecule has 5 amide bonds. The average Bonchev–Trinajstić information content (AvgIpc) is 3.66. The maximum Gasteiger partial charge on any atom is 0.261 e. The molecule has 2 heterocycles. The lowest BCUT2D eigenvalue weighted by atomic mass is 9.73. The number of hydrazine groups is 2. The molecule has 0 aromatic rings. The van der Waals surface area contributed by atoms with Gasteiger partial charge in [-0.25, -0.2) is 5.01 Å². The van der Waals surface area contributed by atoms with Crippen molar-refractivity contribution in [2.24, 2.45) is 33.5 Å². The second kappa shape index (κ2) is 17.7. The Balaban J connectivity index is 1.26. The summed E-state index contributed by atoms with van der Waals surface area (Å²) in [6.07, 6.45) is 18.1. The Hall–Kier alpha value is -3.97. The summed E-state index contributed by atoms with van der Waals surface area (Å²) in [6, 6.07) is -2.67. The van der Waals surface area contributed by atoms with E-state index in [0.717, 1.165) is 88.6 Å². The fraction of sp³-hybridized carbons (Fsp3) is 0.729. The van der Waals surface area contributed by atoms with Gasteiger partial charge in [0.05, 0.1) is 0 Å². The van der Waals surface area contributed by atoms with E-state index in [1.54, 1.807) is 17.1 Å². The van der Waals surface area contributed by atoms with Gasteiger partial charge in [0.25, 0.3) is 11.8 Å². The predicted molar refractivity (Wildman–Crippen MR) is 239 cm³/mol. The monoisotopic (exact) mass is 845 g/mol. The summed E-state index contributed by atoms with van der Waals surface area (Å²) >= 11 is 0. The number of fused-ring (bicyclic) bond motifs is 1. The number of carbonyl (C=O) groups is 5. The van der Waals surface area contributed by atoms with Crippen LogP contribution in [0.25, 0.3) is 0 Å². The standard InChI is InChI=1S/C48H76N8O5/c1-12-34-28-48(34,43(61)52-53-55-26-16-17-27-55)51-40(58)36-29-47(45(8,9)46(47)24-19-25-46)30-56(36)42(60)38(44(5,6)7)50-41(59)37(33-21-14-13-15-22-33)49-39(57)35(31(2)3)23-18-20-32(4)54(10)11/h12,18,20,23,33-34,36-38,53H,1,13-17,19,21-22,24-30H2,2-11H3,(H,49,57)(H,50,59)(H,51,58)(H,52,61)/b23-18-,32-20+/t34-,36+,37?,38-,47-,48-/m1/s1. The molecule has 4 saturated carbocycles. The second-order valence-corrected chi connectivity index (χ2v) is 21.2. The molecule has 0 bridgehead atoms. The van der Waals surface area contributed by atoms with Crippen LogP contribution < -0.4 is 26.9 Å². The first-order chi connectivity index (χ1) is 28.7. The van der Waals surface area contributed by atoms with Crippen molar-refractivity contribution in [1.29, 1.82) is 0 Å². The Labute approximate surface area is 365 Å². The first-order valence-electron chi connectivity index (χ1n) is 23.0. The van der Waals surface area contributed by atoms with Crippen molar-refractivity contribution in [2.45, 2.75) is 156 Å². The van der Waals surface area contributed by atoms with Gasteiger partial charge in [0.2, 0.25) is 17.7 Å². The van der Waals surface area contributed by atoms with E-state index in [-0.39, 0.29) is 57.6 Å². The summed E-state index contributed by atoms with van der Waals surface area (Å²) < 4.78 is 0. The molecule has 61 heavy (non-hydrogen) atoms. The molecule has 338 valence electrons. The smallest absolute Gasteiger partial charge is 0.261 e.